The van der Waals surface area contributed by atoms with Crippen LogP contribution in [-0.4, -0.2) is 24.6 Å². The normalized spacial score (nSPS) is 14.0. The van der Waals surface area contributed by atoms with Crippen LogP contribution < -0.4 is 15.8 Å². The molecule has 0 saturated carbocycles. The molecule has 1 unspecified atom stereocenters. The monoisotopic (exact) mass is 292 g/mol. The molecule has 1 aromatic carbocycles. The first kappa shape index (κ1) is 17.5. The summed E-state index contributed by atoms with van der Waals surface area (Å²) < 4.78 is 5.77. The zero-order valence-corrected chi connectivity index (χ0v) is 13.8. The van der Waals surface area contributed by atoms with Crippen molar-refractivity contribution in [3.63, 3.8) is 0 Å². The maximum Gasteiger partial charge on any atom is 0.237 e. The Labute approximate surface area is 128 Å². The molecular weight excluding hydrogens is 264 g/mol. The quantitative estimate of drug-likeness (QED) is 0.774. The Kier molecular flexibility index (Phi) is 6.21. The zero-order chi connectivity index (χ0) is 16.0. The number of aryl methyl sites for hydroxylation is 1. The Bertz CT molecular complexity index is 486. The molecule has 0 aromatic heterocycles. The molecule has 0 heterocycles. The number of amides is 1. The van der Waals surface area contributed by atoms with E-state index in [4.69, 9.17) is 10.5 Å². The van der Waals surface area contributed by atoms with E-state index in [1.54, 1.807) is 0 Å². The molecule has 0 aliphatic rings. The Morgan fingerprint density at radius 3 is 2.57 bits per heavy atom. The van der Waals surface area contributed by atoms with Gasteiger partial charge < -0.3 is 15.8 Å². The zero-order valence-electron chi connectivity index (χ0n) is 13.8. The van der Waals surface area contributed by atoms with E-state index < -0.39 is 5.54 Å². The first-order valence-corrected chi connectivity index (χ1v) is 7.58. The molecule has 0 aliphatic carbocycles. The maximum absolute atomic E-state index is 11.5. The molecule has 21 heavy (non-hydrogen) atoms. The van der Waals surface area contributed by atoms with Crippen LogP contribution in [0.5, 0.6) is 5.75 Å². The van der Waals surface area contributed by atoms with Crippen molar-refractivity contribution in [1.29, 1.82) is 0 Å². The van der Waals surface area contributed by atoms with E-state index in [1.807, 2.05) is 26.0 Å². The van der Waals surface area contributed by atoms with Crippen molar-refractivity contribution in [3.05, 3.63) is 29.3 Å². The lowest BCUT2D eigenvalue weighted by atomic mass is 9.97. The van der Waals surface area contributed by atoms with Gasteiger partial charge in [0.25, 0.3) is 0 Å². The fourth-order valence-electron chi connectivity index (χ4n) is 2.45. The highest BCUT2D eigenvalue weighted by molar-refractivity contribution is 5.84. The Balaban J connectivity index is 2.63. The van der Waals surface area contributed by atoms with E-state index in [0.29, 0.717) is 25.5 Å². The average Bonchev–Trinajstić information content (AvgIpc) is 2.38. The van der Waals surface area contributed by atoms with Crippen LogP contribution >= 0.6 is 0 Å². The predicted octanol–water partition coefficient (Wildman–Crippen LogP) is 2.74. The van der Waals surface area contributed by atoms with Gasteiger partial charge in [-0.2, -0.15) is 0 Å². The van der Waals surface area contributed by atoms with Crippen LogP contribution in [0.15, 0.2) is 18.2 Å². The van der Waals surface area contributed by atoms with E-state index in [-0.39, 0.29) is 5.91 Å². The molecule has 4 nitrogen and oxygen atoms in total. The highest BCUT2D eigenvalue weighted by Crippen LogP contribution is 2.23. The summed E-state index contributed by atoms with van der Waals surface area (Å²) in [4.78, 5) is 11.5. The second kappa shape index (κ2) is 7.46. The number of nitrogens with one attached hydrogen (secondary N) is 1. The van der Waals surface area contributed by atoms with E-state index in [9.17, 15) is 4.79 Å². The first-order valence-electron chi connectivity index (χ1n) is 7.58. The summed E-state index contributed by atoms with van der Waals surface area (Å²) in [5.41, 5.74) is 7.30. The van der Waals surface area contributed by atoms with Crippen molar-refractivity contribution >= 4 is 5.91 Å². The second-order valence-corrected chi connectivity index (χ2v) is 6.00. The number of hydrogen-bond donors (Lipinski definition) is 2. The summed E-state index contributed by atoms with van der Waals surface area (Å²) in [6.07, 6.45) is 0.543. The van der Waals surface area contributed by atoms with Crippen molar-refractivity contribution in [1.82, 2.24) is 5.32 Å². The average molecular weight is 292 g/mol. The van der Waals surface area contributed by atoms with Crippen LogP contribution in [0.1, 0.15) is 51.2 Å². The summed E-state index contributed by atoms with van der Waals surface area (Å²) in [6, 6.07) is 6.13. The number of primary amides is 1. The van der Waals surface area contributed by atoms with Gasteiger partial charge in [-0.15, -0.1) is 0 Å². The summed E-state index contributed by atoms with van der Waals surface area (Å²) in [7, 11) is 0. The van der Waals surface area contributed by atoms with Crippen LogP contribution in [0.4, 0.5) is 0 Å². The fraction of sp³-hybridized carbons (Fsp3) is 0.588. The van der Waals surface area contributed by atoms with E-state index in [1.165, 1.54) is 11.1 Å². The van der Waals surface area contributed by atoms with E-state index in [0.717, 1.165) is 5.75 Å². The number of rotatable bonds is 8. The molecule has 1 aromatic rings. The summed E-state index contributed by atoms with van der Waals surface area (Å²) >= 11 is 0. The summed E-state index contributed by atoms with van der Waals surface area (Å²) in [6.45, 7) is 11.4. The molecular formula is C17H28N2O2. The van der Waals surface area contributed by atoms with Gasteiger partial charge in [-0.25, -0.2) is 0 Å². The first-order chi connectivity index (χ1) is 9.80. The number of hydrogen-bond acceptors (Lipinski definition) is 3. The minimum Gasteiger partial charge on any atom is -0.494 e. The number of benzene rings is 1. The SMILES string of the molecule is CCNC(C)(CCOc1ccc(C(C)C)c(C)c1)C(N)=O. The van der Waals surface area contributed by atoms with Crippen LogP contribution in [0.25, 0.3) is 0 Å². The van der Waals surface area contributed by atoms with Crippen LogP contribution in [-0.2, 0) is 4.79 Å². The Hall–Kier alpha value is -1.55. The maximum atomic E-state index is 11.5. The highest BCUT2D eigenvalue weighted by atomic mass is 16.5. The van der Waals surface area contributed by atoms with Gasteiger partial charge in [0.15, 0.2) is 0 Å². The molecule has 0 spiro atoms. The molecule has 0 saturated heterocycles. The summed E-state index contributed by atoms with van der Waals surface area (Å²) in [5.74, 6) is 0.991. The minimum atomic E-state index is -0.721. The van der Waals surface area contributed by atoms with Gasteiger partial charge in [0.2, 0.25) is 5.91 Å². The Morgan fingerprint density at radius 2 is 2.10 bits per heavy atom. The molecule has 1 amide bonds. The minimum absolute atomic E-state index is 0.348. The third-order valence-electron chi connectivity index (χ3n) is 3.84. The van der Waals surface area contributed by atoms with Gasteiger partial charge in [0.05, 0.1) is 12.1 Å². The molecule has 0 radical (unpaired) electrons. The molecule has 0 aliphatic heterocycles. The van der Waals surface area contributed by atoms with Crippen molar-refractivity contribution in [2.24, 2.45) is 5.73 Å². The van der Waals surface area contributed by atoms with E-state index in [2.05, 4.69) is 32.2 Å². The molecule has 4 heteroatoms. The lowest BCUT2D eigenvalue weighted by Crippen LogP contribution is -2.53. The molecule has 1 atom stereocenters. The van der Waals surface area contributed by atoms with Gasteiger partial charge >= 0.3 is 0 Å². The van der Waals surface area contributed by atoms with Crippen LogP contribution in [0.2, 0.25) is 0 Å². The fourth-order valence-corrected chi connectivity index (χ4v) is 2.45. The van der Waals surface area contributed by atoms with Crippen molar-refractivity contribution in [2.45, 2.75) is 52.5 Å². The lowest BCUT2D eigenvalue weighted by molar-refractivity contribution is -0.124. The van der Waals surface area contributed by atoms with Crippen molar-refractivity contribution < 1.29 is 9.53 Å². The van der Waals surface area contributed by atoms with Crippen molar-refractivity contribution in [3.8, 4) is 5.75 Å². The topological polar surface area (TPSA) is 64.3 Å². The number of carbonyl (C=O) groups excluding carboxylic acids is 1. The number of ether oxygens (including phenoxy) is 1. The largest absolute Gasteiger partial charge is 0.494 e. The van der Waals surface area contributed by atoms with Crippen LogP contribution in [0.3, 0.4) is 0 Å². The molecule has 3 N–H and O–H groups in total. The predicted molar refractivity (Wildman–Crippen MR) is 86.7 cm³/mol. The van der Waals surface area contributed by atoms with Gasteiger partial charge in [-0.05, 0) is 49.6 Å². The molecule has 1 rings (SSSR count). The molecule has 0 fully saturated rings. The number of carbonyl (C=O) groups is 1. The number of likely N-dealkylation sites (N-methyl/N-ethyl adjacent to an activating group) is 1. The lowest BCUT2D eigenvalue weighted by Gasteiger charge is -2.26. The Morgan fingerprint density at radius 1 is 1.43 bits per heavy atom. The standard InChI is InChI=1S/C17H28N2O2/c1-6-19-17(5,16(18)20)9-10-21-14-7-8-15(12(2)3)13(4)11-14/h7-8,11-12,19H,6,9-10H2,1-5H3,(H2,18,20). The molecule has 0 bridgehead atoms. The van der Waals surface area contributed by atoms with Gasteiger partial charge in [-0.1, -0.05) is 26.8 Å². The highest BCUT2D eigenvalue weighted by Gasteiger charge is 2.29. The van der Waals surface area contributed by atoms with Gasteiger partial charge in [0, 0.05) is 6.42 Å². The third-order valence-corrected chi connectivity index (χ3v) is 3.84. The summed E-state index contributed by atoms with van der Waals surface area (Å²) in [5, 5.41) is 3.13. The smallest absolute Gasteiger partial charge is 0.237 e. The van der Waals surface area contributed by atoms with E-state index >= 15 is 0 Å². The molecule has 118 valence electrons. The van der Waals surface area contributed by atoms with Gasteiger partial charge in [0.1, 0.15) is 5.75 Å². The van der Waals surface area contributed by atoms with Crippen LogP contribution in [0, 0.1) is 6.92 Å². The second-order valence-electron chi connectivity index (χ2n) is 6.00. The number of nitrogens with two attached hydrogens (primary N) is 1. The van der Waals surface area contributed by atoms with Crippen molar-refractivity contribution in [2.75, 3.05) is 13.2 Å². The van der Waals surface area contributed by atoms with Gasteiger partial charge in [-0.3, -0.25) is 4.79 Å². The third kappa shape index (κ3) is 4.74.